The van der Waals surface area contributed by atoms with Gasteiger partial charge >= 0.3 is 5.97 Å². The van der Waals surface area contributed by atoms with Crippen molar-refractivity contribution in [3.63, 3.8) is 0 Å². The highest BCUT2D eigenvalue weighted by Crippen LogP contribution is 2.31. The second kappa shape index (κ2) is 17.4. The number of rotatable bonds is 18. The zero-order valence-corrected chi connectivity index (χ0v) is 30.9. The van der Waals surface area contributed by atoms with Crippen LogP contribution in [0.25, 0.3) is 11.0 Å². The summed E-state index contributed by atoms with van der Waals surface area (Å²) in [6.07, 6.45) is 0.515. The third-order valence-corrected chi connectivity index (χ3v) is 8.93. The number of carbonyl (C=O) groups is 2. The molecule has 15 heteroatoms. The number of amides is 1. The first-order valence-electron chi connectivity index (χ1n) is 15.8. The molecule has 1 unspecified atom stereocenters. The number of anilines is 1. The number of hydrogen-bond donors (Lipinski definition) is 2. The lowest BCUT2D eigenvalue weighted by Crippen LogP contribution is -2.47. The van der Waals surface area contributed by atoms with E-state index in [0.717, 1.165) is 16.2 Å². The van der Waals surface area contributed by atoms with Crippen molar-refractivity contribution in [2.45, 2.75) is 82.0 Å². The third-order valence-electron chi connectivity index (χ3n) is 6.75. The molecule has 2 atom stereocenters. The molecule has 13 nitrogen and oxygen atoms in total. The second-order valence-electron chi connectivity index (χ2n) is 12.4. The minimum atomic E-state index is -4.36. The minimum Gasteiger partial charge on any atom is -0.490 e. The maximum absolute atomic E-state index is 14.1. The van der Waals surface area contributed by atoms with E-state index in [1.165, 1.54) is 30.0 Å². The van der Waals surface area contributed by atoms with E-state index in [9.17, 15) is 18.0 Å². The maximum Gasteiger partial charge on any atom is 0.308 e. The van der Waals surface area contributed by atoms with E-state index in [4.69, 9.17) is 23.9 Å². The molecular weight excluding hydrogens is 659 g/mol. The third kappa shape index (κ3) is 11.2. The zero-order valence-electron chi connectivity index (χ0n) is 29.2. The summed E-state index contributed by atoms with van der Waals surface area (Å²) in [6.45, 7) is 11.3. The topological polar surface area (TPSA) is 150 Å². The molecule has 2 aromatic carbocycles. The van der Waals surface area contributed by atoms with Crippen molar-refractivity contribution >= 4 is 50.4 Å². The van der Waals surface area contributed by atoms with Crippen LogP contribution in [-0.2, 0) is 33.8 Å². The van der Waals surface area contributed by atoms with Crippen LogP contribution >= 0.6 is 11.8 Å². The molecule has 0 aliphatic carbocycles. The Balaban J connectivity index is 2.01. The van der Waals surface area contributed by atoms with Crippen molar-refractivity contribution in [1.29, 1.82) is 0 Å². The van der Waals surface area contributed by atoms with E-state index in [1.807, 2.05) is 42.0 Å². The Morgan fingerprint density at radius 1 is 1.06 bits per heavy atom. The Hall–Kier alpha value is -3.21. The number of imidazole rings is 1. The molecule has 0 aliphatic heterocycles. The lowest BCUT2D eigenvalue weighted by molar-refractivity contribution is -0.169. The Morgan fingerprint density at radius 3 is 2.33 bits per heavy atom. The van der Waals surface area contributed by atoms with Crippen LogP contribution in [0.4, 0.5) is 5.69 Å². The van der Waals surface area contributed by atoms with Gasteiger partial charge in [-0.2, -0.15) is 0 Å². The molecule has 0 saturated carbocycles. The van der Waals surface area contributed by atoms with E-state index >= 15 is 0 Å². The average Bonchev–Trinajstić information content (AvgIpc) is 3.37. The number of sulfonamides is 1. The number of aromatic nitrogens is 2. The summed E-state index contributed by atoms with van der Waals surface area (Å²) < 4.78 is 56.0. The van der Waals surface area contributed by atoms with Crippen molar-refractivity contribution in [1.82, 2.24) is 19.2 Å². The first-order chi connectivity index (χ1) is 22.6. The number of nitrogens with one attached hydrogen (secondary N) is 2. The fourth-order valence-electron chi connectivity index (χ4n) is 4.91. The molecule has 0 radical (unpaired) electrons. The maximum atomic E-state index is 14.1. The van der Waals surface area contributed by atoms with Crippen LogP contribution in [-0.4, -0.2) is 99.4 Å². The highest BCUT2D eigenvalue weighted by atomic mass is 32.2. The largest absolute Gasteiger partial charge is 0.490 e. The summed E-state index contributed by atoms with van der Waals surface area (Å²) in [6, 6.07) is 10.7. The molecule has 0 saturated heterocycles. The van der Waals surface area contributed by atoms with Crippen LogP contribution in [0, 0.1) is 0 Å². The van der Waals surface area contributed by atoms with E-state index < -0.39 is 33.9 Å². The Labute approximate surface area is 288 Å². The molecule has 1 amide bonds. The van der Waals surface area contributed by atoms with Gasteiger partial charge in [0.25, 0.3) is 0 Å². The predicted octanol–water partition coefficient (Wildman–Crippen LogP) is 4.68. The quantitative estimate of drug-likeness (QED) is 0.108. The van der Waals surface area contributed by atoms with Gasteiger partial charge < -0.3 is 33.7 Å². The molecule has 0 spiro atoms. The number of likely N-dealkylation sites (N-methyl/N-ethyl adjacent to an activating group) is 1. The van der Waals surface area contributed by atoms with Crippen LogP contribution in [0.2, 0.25) is 0 Å². The summed E-state index contributed by atoms with van der Waals surface area (Å²) in [5, 5.41) is 3.58. The summed E-state index contributed by atoms with van der Waals surface area (Å²) in [5.41, 5.74) is 1.32. The van der Waals surface area contributed by atoms with Gasteiger partial charge in [-0.25, -0.2) is 18.1 Å². The van der Waals surface area contributed by atoms with Crippen molar-refractivity contribution in [3.8, 4) is 5.75 Å². The normalized spacial score (nSPS) is 13.6. The van der Waals surface area contributed by atoms with E-state index in [-0.39, 0.29) is 55.4 Å². The Kier molecular flexibility index (Phi) is 14.3. The lowest BCUT2D eigenvalue weighted by atomic mass is 10.1. The van der Waals surface area contributed by atoms with Crippen LogP contribution in [0.3, 0.4) is 0 Å². The molecule has 1 heterocycles. The second-order valence-corrected chi connectivity index (χ2v) is 14.8. The summed E-state index contributed by atoms with van der Waals surface area (Å²) in [7, 11) is -0.824. The first kappa shape index (κ1) is 39.2. The average molecular weight is 708 g/mol. The standard InChI is InChI=1S/C33H49N5O8S2/c1-10-43-31(44-11-2)25(19-30(40)46-33(4,5)6)36-48(41,42)28-17-16-23(34-29(39)20-37(7)8)18-27(28)45-21-22(3)38-26-15-13-12-14-24(26)35-32(38)47-9/h12-18,22,25,31,36H,10-11,19-21H2,1-9H3,(H,34,39)/t22?,25-/m0/s1. The fraction of sp³-hybridized carbons (Fsp3) is 0.545. The Morgan fingerprint density at radius 2 is 1.73 bits per heavy atom. The number of para-hydroxylation sites is 2. The monoisotopic (exact) mass is 707 g/mol. The summed E-state index contributed by atoms with van der Waals surface area (Å²) in [5.74, 6) is -0.898. The van der Waals surface area contributed by atoms with Crippen LogP contribution < -0.4 is 14.8 Å². The van der Waals surface area contributed by atoms with Crippen molar-refractivity contribution in [2.24, 2.45) is 0 Å². The van der Waals surface area contributed by atoms with Crippen molar-refractivity contribution in [3.05, 3.63) is 42.5 Å². The van der Waals surface area contributed by atoms with Crippen molar-refractivity contribution in [2.75, 3.05) is 52.0 Å². The van der Waals surface area contributed by atoms with Crippen LogP contribution in [0.1, 0.15) is 54.0 Å². The molecule has 3 rings (SSSR count). The van der Waals surface area contributed by atoms with Gasteiger partial charge in [-0.15, -0.1) is 0 Å². The van der Waals surface area contributed by atoms with Crippen molar-refractivity contribution < 1.29 is 37.0 Å². The van der Waals surface area contributed by atoms with E-state index in [1.54, 1.807) is 53.6 Å². The number of hydrogen-bond acceptors (Lipinski definition) is 11. The van der Waals surface area contributed by atoms with Gasteiger partial charge in [0.2, 0.25) is 15.9 Å². The molecule has 0 bridgehead atoms. The Bertz CT molecular complexity index is 1630. The molecule has 266 valence electrons. The van der Waals surface area contributed by atoms with Gasteiger partial charge in [-0.1, -0.05) is 23.9 Å². The van der Waals surface area contributed by atoms with Gasteiger partial charge in [-0.05, 0) is 86.2 Å². The molecular formula is C33H49N5O8S2. The van der Waals surface area contributed by atoms with Gasteiger partial charge in [-0.3, -0.25) is 9.59 Å². The highest BCUT2D eigenvalue weighted by Gasteiger charge is 2.33. The highest BCUT2D eigenvalue weighted by molar-refractivity contribution is 7.98. The SMILES string of the molecule is CCOC(OCC)[C@H](CC(=O)OC(C)(C)C)NS(=O)(=O)c1ccc(NC(=O)CN(C)C)cc1OCC(C)n1c(SC)nc2ccccc21. The molecule has 2 N–H and O–H groups in total. The molecule has 3 aromatic rings. The minimum absolute atomic E-state index is 0.00696. The fourth-order valence-corrected chi connectivity index (χ4v) is 6.93. The van der Waals surface area contributed by atoms with Gasteiger partial charge in [0.05, 0.1) is 36.1 Å². The number of fused-ring (bicyclic) bond motifs is 1. The molecule has 0 fully saturated rings. The van der Waals surface area contributed by atoms with E-state index in [0.29, 0.717) is 5.69 Å². The number of thioether (sulfide) groups is 1. The number of benzene rings is 2. The zero-order chi connectivity index (χ0) is 35.6. The predicted molar refractivity (Wildman–Crippen MR) is 187 cm³/mol. The lowest BCUT2D eigenvalue weighted by Gasteiger charge is -2.28. The number of nitrogens with zero attached hydrogens (tertiary/aromatic N) is 3. The molecule has 0 aliphatic rings. The molecule has 48 heavy (non-hydrogen) atoms. The number of esters is 1. The summed E-state index contributed by atoms with van der Waals surface area (Å²) in [4.78, 5) is 31.7. The smallest absolute Gasteiger partial charge is 0.308 e. The van der Waals surface area contributed by atoms with Gasteiger partial charge in [0.1, 0.15) is 22.9 Å². The molecule has 1 aromatic heterocycles. The first-order valence-corrected chi connectivity index (χ1v) is 18.5. The van der Waals surface area contributed by atoms with Gasteiger partial charge in [0.15, 0.2) is 11.4 Å². The number of carbonyl (C=O) groups excluding carboxylic acids is 2. The van der Waals surface area contributed by atoms with Crippen LogP contribution in [0.5, 0.6) is 5.75 Å². The summed E-state index contributed by atoms with van der Waals surface area (Å²) >= 11 is 1.50. The van der Waals surface area contributed by atoms with E-state index in [2.05, 4.69) is 10.0 Å². The van der Waals surface area contributed by atoms with Gasteiger partial charge in [0, 0.05) is 25.0 Å². The number of ether oxygens (including phenoxy) is 4. The van der Waals surface area contributed by atoms with Crippen LogP contribution in [0.15, 0.2) is 52.5 Å².